The second kappa shape index (κ2) is 8.08. The molecule has 28 heavy (non-hydrogen) atoms. The Hall–Kier alpha value is -3.41. The fourth-order valence-corrected chi connectivity index (χ4v) is 3.29. The Kier molecular flexibility index (Phi) is 5.19. The lowest BCUT2D eigenvalue weighted by Crippen LogP contribution is -2.17. The quantitative estimate of drug-likeness (QED) is 0.670. The average Bonchev–Trinajstić information content (AvgIpc) is 3.24. The molecule has 1 aromatic heterocycles. The van der Waals surface area contributed by atoms with Crippen molar-refractivity contribution in [2.45, 2.75) is 12.8 Å². The van der Waals surface area contributed by atoms with Crippen LogP contribution in [0.5, 0.6) is 0 Å². The smallest absolute Gasteiger partial charge is 0.274 e. The molecule has 2 aromatic carbocycles. The predicted octanol–water partition coefficient (Wildman–Crippen LogP) is 4.82. The number of nitrogens with zero attached hydrogens (tertiary/aromatic N) is 2. The van der Waals surface area contributed by atoms with Crippen LogP contribution in [0, 0.1) is 5.82 Å². The maximum absolute atomic E-state index is 13.3. The molecule has 5 nitrogen and oxygen atoms in total. The van der Waals surface area contributed by atoms with Gasteiger partial charge in [0, 0.05) is 42.0 Å². The van der Waals surface area contributed by atoms with Gasteiger partial charge in [-0.05, 0) is 67.4 Å². The van der Waals surface area contributed by atoms with Crippen LogP contribution in [0.25, 0.3) is 0 Å². The third-order valence-corrected chi connectivity index (χ3v) is 4.70. The van der Waals surface area contributed by atoms with Gasteiger partial charge in [0.25, 0.3) is 5.91 Å². The zero-order valence-corrected chi connectivity index (χ0v) is 15.4. The molecule has 1 fully saturated rings. The predicted molar refractivity (Wildman–Crippen MR) is 110 cm³/mol. The van der Waals surface area contributed by atoms with E-state index in [4.69, 9.17) is 0 Å². The number of halogens is 1. The number of carbonyl (C=O) groups excluding carboxylic acids is 1. The van der Waals surface area contributed by atoms with Gasteiger partial charge < -0.3 is 15.5 Å². The van der Waals surface area contributed by atoms with Crippen molar-refractivity contribution in [2.75, 3.05) is 28.6 Å². The van der Waals surface area contributed by atoms with Gasteiger partial charge in [0.2, 0.25) is 0 Å². The number of benzene rings is 2. The maximum Gasteiger partial charge on any atom is 0.274 e. The Morgan fingerprint density at radius 2 is 1.71 bits per heavy atom. The largest absolute Gasteiger partial charge is 0.372 e. The van der Waals surface area contributed by atoms with Crippen molar-refractivity contribution in [3.05, 3.63) is 78.4 Å². The van der Waals surface area contributed by atoms with E-state index in [2.05, 4.69) is 32.7 Å². The number of nitrogens with one attached hydrogen (secondary N) is 2. The molecule has 2 heterocycles. The van der Waals surface area contributed by atoms with Gasteiger partial charge in [-0.25, -0.2) is 4.39 Å². The first-order valence-electron chi connectivity index (χ1n) is 9.32. The average molecular weight is 376 g/mol. The van der Waals surface area contributed by atoms with E-state index in [0.717, 1.165) is 24.5 Å². The molecule has 0 atom stereocenters. The highest BCUT2D eigenvalue weighted by molar-refractivity contribution is 6.03. The minimum absolute atomic E-state index is 0.253. The monoisotopic (exact) mass is 376 g/mol. The molecular weight excluding hydrogens is 355 g/mol. The highest BCUT2D eigenvalue weighted by Crippen LogP contribution is 2.24. The lowest BCUT2D eigenvalue weighted by atomic mass is 10.2. The molecule has 4 rings (SSSR count). The van der Waals surface area contributed by atoms with Crippen molar-refractivity contribution in [1.82, 2.24) is 4.98 Å². The molecule has 0 unspecified atom stereocenters. The molecule has 0 saturated carbocycles. The molecule has 1 aliphatic heterocycles. The number of anilines is 4. The van der Waals surface area contributed by atoms with Crippen molar-refractivity contribution in [1.29, 1.82) is 0 Å². The summed E-state index contributed by atoms with van der Waals surface area (Å²) in [4.78, 5) is 18.9. The Morgan fingerprint density at radius 1 is 0.929 bits per heavy atom. The van der Waals surface area contributed by atoms with E-state index in [9.17, 15) is 9.18 Å². The van der Waals surface area contributed by atoms with Gasteiger partial charge in [-0.3, -0.25) is 9.78 Å². The standard InChI is InChI=1S/C22H21FN4O/c23-16-4-3-5-18(14-16)26-22(28)21-15-19(10-11-24-21)25-17-6-8-20(9-7-17)27-12-1-2-13-27/h3-11,14-15H,1-2,12-13H2,(H,24,25)(H,26,28). The lowest BCUT2D eigenvalue weighted by molar-refractivity contribution is 0.102. The summed E-state index contributed by atoms with van der Waals surface area (Å²) in [5, 5.41) is 5.95. The zero-order valence-electron chi connectivity index (χ0n) is 15.4. The third kappa shape index (κ3) is 4.28. The Morgan fingerprint density at radius 3 is 2.46 bits per heavy atom. The first-order chi connectivity index (χ1) is 13.7. The molecule has 3 aromatic rings. The summed E-state index contributed by atoms with van der Waals surface area (Å²) >= 11 is 0. The van der Waals surface area contributed by atoms with Gasteiger partial charge in [-0.15, -0.1) is 0 Å². The van der Waals surface area contributed by atoms with E-state index in [-0.39, 0.29) is 5.69 Å². The Labute approximate surface area is 163 Å². The van der Waals surface area contributed by atoms with E-state index in [1.54, 1.807) is 30.5 Å². The van der Waals surface area contributed by atoms with Gasteiger partial charge in [0.1, 0.15) is 11.5 Å². The van der Waals surface area contributed by atoms with Crippen LogP contribution in [-0.4, -0.2) is 24.0 Å². The van der Waals surface area contributed by atoms with Crippen LogP contribution in [-0.2, 0) is 0 Å². The van der Waals surface area contributed by atoms with E-state index >= 15 is 0 Å². The molecular formula is C22H21FN4O. The van der Waals surface area contributed by atoms with Crippen LogP contribution in [0.3, 0.4) is 0 Å². The maximum atomic E-state index is 13.3. The number of amides is 1. The van der Waals surface area contributed by atoms with Crippen molar-refractivity contribution in [2.24, 2.45) is 0 Å². The third-order valence-electron chi connectivity index (χ3n) is 4.70. The SMILES string of the molecule is O=C(Nc1cccc(F)c1)c1cc(Nc2ccc(N3CCCC3)cc2)ccn1. The van der Waals surface area contributed by atoms with Crippen LogP contribution in [0.2, 0.25) is 0 Å². The minimum Gasteiger partial charge on any atom is -0.372 e. The molecule has 142 valence electrons. The summed E-state index contributed by atoms with van der Waals surface area (Å²) in [5.41, 5.74) is 3.57. The second-order valence-corrected chi connectivity index (χ2v) is 6.76. The van der Waals surface area contributed by atoms with Gasteiger partial charge in [0.05, 0.1) is 0 Å². The molecule has 2 N–H and O–H groups in total. The summed E-state index contributed by atoms with van der Waals surface area (Å²) < 4.78 is 13.3. The number of hydrogen-bond donors (Lipinski definition) is 2. The molecule has 0 spiro atoms. The number of rotatable bonds is 5. The molecule has 1 saturated heterocycles. The van der Waals surface area contributed by atoms with E-state index in [0.29, 0.717) is 5.69 Å². The van der Waals surface area contributed by atoms with Crippen LogP contribution < -0.4 is 15.5 Å². The molecule has 6 heteroatoms. The second-order valence-electron chi connectivity index (χ2n) is 6.76. The molecule has 0 radical (unpaired) electrons. The highest BCUT2D eigenvalue weighted by Gasteiger charge is 2.12. The van der Waals surface area contributed by atoms with Gasteiger partial charge in [-0.2, -0.15) is 0 Å². The molecule has 0 aliphatic carbocycles. The van der Waals surface area contributed by atoms with Gasteiger partial charge >= 0.3 is 0 Å². The normalized spacial score (nSPS) is 13.4. The topological polar surface area (TPSA) is 57.3 Å². The van der Waals surface area contributed by atoms with Crippen LogP contribution in [0.15, 0.2) is 66.9 Å². The lowest BCUT2D eigenvalue weighted by Gasteiger charge is -2.18. The summed E-state index contributed by atoms with van der Waals surface area (Å²) in [5.74, 6) is -0.794. The summed E-state index contributed by atoms with van der Waals surface area (Å²) in [6, 6.07) is 17.5. The molecule has 1 amide bonds. The fraction of sp³-hybridized carbons (Fsp3) is 0.182. The number of pyridine rings is 1. The molecule has 0 bridgehead atoms. The Balaban J connectivity index is 1.44. The first kappa shape index (κ1) is 18.0. The van der Waals surface area contributed by atoms with Crippen LogP contribution >= 0.6 is 0 Å². The van der Waals surface area contributed by atoms with Gasteiger partial charge in [-0.1, -0.05) is 6.07 Å². The van der Waals surface area contributed by atoms with Crippen LogP contribution in [0.4, 0.5) is 27.1 Å². The summed E-state index contributed by atoms with van der Waals surface area (Å²) in [6.07, 6.45) is 4.07. The van der Waals surface area contributed by atoms with E-state index < -0.39 is 11.7 Å². The van der Waals surface area contributed by atoms with Gasteiger partial charge in [0.15, 0.2) is 0 Å². The highest BCUT2D eigenvalue weighted by atomic mass is 19.1. The molecule has 1 aliphatic rings. The fourth-order valence-electron chi connectivity index (χ4n) is 3.29. The number of carbonyl (C=O) groups is 1. The van der Waals surface area contributed by atoms with Crippen molar-refractivity contribution in [3.8, 4) is 0 Å². The van der Waals surface area contributed by atoms with Crippen LogP contribution in [0.1, 0.15) is 23.3 Å². The van der Waals surface area contributed by atoms with Crippen molar-refractivity contribution < 1.29 is 9.18 Å². The zero-order chi connectivity index (χ0) is 19.3. The summed E-state index contributed by atoms with van der Waals surface area (Å²) in [7, 11) is 0. The number of aromatic nitrogens is 1. The Bertz CT molecular complexity index is 968. The first-order valence-corrected chi connectivity index (χ1v) is 9.32. The number of hydrogen-bond acceptors (Lipinski definition) is 4. The van der Waals surface area contributed by atoms with Crippen molar-refractivity contribution >= 4 is 28.7 Å². The summed E-state index contributed by atoms with van der Waals surface area (Å²) in [6.45, 7) is 2.22. The van der Waals surface area contributed by atoms with Crippen molar-refractivity contribution in [3.63, 3.8) is 0 Å². The van der Waals surface area contributed by atoms with E-state index in [1.807, 2.05) is 12.1 Å². The minimum atomic E-state index is -0.404. The van der Waals surface area contributed by atoms with E-state index in [1.165, 1.54) is 30.7 Å².